The normalized spacial score (nSPS) is 21.5. The maximum Gasteiger partial charge on any atom is 0.412 e. The molecule has 0 aliphatic carbocycles. The van der Waals surface area contributed by atoms with Crippen molar-refractivity contribution in [2.45, 2.75) is 71.4 Å². The lowest BCUT2D eigenvalue weighted by molar-refractivity contribution is -0.137. The molecule has 6 nitrogen and oxygen atoms in total. The maximum absolute atomic E-state index is 15.4. The molecule has 4 rings (SSSR count). The summed E-state index contributed by atoms with van der Waals surface area (Å²) in [4.78, 5) is 28.5. The molecule has 2 aliphatic rings. The first-order chi connectivity index (χ1) is 19.2. The average Bonchev–Trinajstić information content (AvgIpc) is 3.07. The second-order valence-electron chi connectivity index (χ2n) is 12.2. The van der Waals surface area contributed by atoms with E-state index in [0.29, 0.717) is 19.4 Å². The van der Waals surface area contributed by atoms with E-state index in [1.165, 1.54) is 24.3 Å². The van der Waals surface area contributed by atoms with Gasteiger partial charge in [-0.05, 0) is 67.0 Å². The SMILES string of the molecule is C=C1CCC=C(C(CC)c2ccc(F)cc2)NC1C(=O)N(CC(C)(C)C)C[C@]1(C)OC(=O)Nc2ccc(Cl)c(F)c21. The molecule has 0 bridgehead atoms. The van der Waals surface area contributed by atoms with Gasteiger partial charge in [-0.15, -0.1) is 0 Å². The first-order valence-electron chi connectivity index (χ1n) is 13.9. The van der Waals surface area contributed by atoms with Crippen molar-refractivity contribution in [1.82, 2.24) is 10.2 Å². The van der Waals surface area contributed by atoms with Crippen LogP contribution in [0.2, 0.25) is 5.02 Å². The molecular weight excluding hydrogens is 548 g/mol. The van der Waals surface area contributed by atoms with Gasteiger partial charge in [-0.2, -0.15) is 0 Å². The summed E-state index contributed by atoms with van der Waals surface area (Å²) in [5.74, 6) is -1.34. The summed E-state index contributed by atoms with van der Waals surface area (Å²) in [6.45, 7) is 14.1. The zero-order chi connectivity index (χ0) is 30.1. The monoisotopic (exact) mass is 585 g/mol. The molecule has 2 aromatic rings. The molecule has 0 aromatic heterocycles. The van der Waals surface area contributed by atoms with E-state index < -0.39 is 23.6 Å². The zero-order valence-electron chi connectivity index (χ0n) is 24.2. The lowest BCUT2D eigenvalue weighted by Crippen LogP contribution is -2.55. The second-order valence-corrected chi connectivity index (χ2v) is 12.6. The summed E-state index contributed by atoms with van der Waals surface area (Å²) in [6.07, 6.45) is 3.37. The highest BCUT2D eigenvalue weighted by Gasteiger charge is 2.45. The fraction of sp³-hybridized carbons (Fsp3) is 0.438. The van der Waals surface area contributed by atoms with E-state index in [0.717, 1.165) is 23.3 Å². The Labute approximate surface area is 245 Å². The van der Waals surface area contributed by atoms with E-state index in [9.17, 15) is 14.0 Å². The number of cyclic esters (lactones) is 1. The van der Waals surface area contributed by atoms with Gasteiger partial charge in [0.2, 0.25) is 5.91 Å². The van der Waals surface area contributed by atoms with E-state index in [2.05, 4.69) is 23.3 Å². The van der Waals surface area contributed by atoms with Gasteiger partial charge < -0.3 is 15.0 Å². The van der Waals surface area contributed by atoms with Crippen LogP contribution in [-0.2, 0) is 15.1 Å². The van der Waals surface area contributed by atoms with Gasteiger partial charge in [0.15, 0.2) is 11.4 Å². The quantitative estimate of drug-likeness (QED) is 0.327. The molecule has 2 aliphatic heterocycles. The van der Waals surface area contributed by atoms with Gasteiger partial charge in [0.1, 0.15) is 11.9 Å². The minimum absolute atomic E-state index is 0.0705. The number of anilines is 1. The number of ether oxygens (including phenoxy) is 1. The van der Waals surface area contributed by atoms with Crippen molar-refractivity contribution in [2.24, 2.45) is 5.41 Å². The highest BCUT2D eigenvalue weighted by molar-refractivity contribution is 6.31. The summed E-state index contributed by atoms with van der Waals surface area (Å²) in [7, 11) is 0. The van der Waals surface area contributed by atoms with E-state index in [-0.39, 0.29) is 45.9 Å². The zero-order valence-corrected chi connectivity index (χ0v) is 25.0. The van der Waals surface area contributed by atoms with Crippen LogP contribution in [0.15, 0.2) is 60.3 Å². The number of benzene rings is 2. The lowest BCUT2D eigenvalue weighted by Gasteiger charge is -2.42. The predicted molar refractivity (Wildman–Crippen MR) is 158 cm³/mol. The molecular formula is C32H38ClF2N3O3. The summed E-state index contributed by atoms with van der Waals surface area (Å²) in [5.41, 5.74) is 1.04. The number of rotatable bonds is 7. The Kier molecular flexibility index (Phi) is 8.83. The summed E-state index contributed by atoms with van der Waals surface area (Å²) in [6, 6.07) is 8.54. The fourth-order valence-corrected chi connectivity index (χ4v) is 5.86. The van der Waals surface area contributed by atoms with Crippen LogP contribution in [0.1, 0.15) is 70.9 Å². The molecule has 3 atom stereocenters. The lowest BCUT2D eigenvalue weighted by atomic mass is 9.89. The number of halogens is 3. The first-order valence-corrected chi connectivity index (χ1v) is 14.3. The highest BCUT2D eigenvalue weighted by atomic mass is 35.5. The highest BCUT2D eigenvalue weighted by Crippen LogP contribution is 2.41. The van der Waals surface area contributed by atoms with Crippen molar-refractivity contribution >= 4 is 29.3 Å². The molecule has 2 heterocycles. The first kappa shape index (κ1) is 30.6. The van der Waals surface area contributed by atoms with Gasteiger partial charge in [-0.1, -0.05) is 64.1 Å². The van der Waals surface area contributed by atoms with Crippen molar-refractivity contribution in [3.05, 3.63) is 88.1 Å². The van der Waals surface area contributed by atoms with Gasteiger partial charge in [0.05, 0.1) is 22.8 Å². The maximum atomic E-state index is 15.4. The van der Waals surface area contributed by atoms with Gasteiger partial charge >= 0.3 is 6.09 Å². The third-order valence-electron chi connectivity index (χ3n) is 7.50. The number of carbonyl (C=O) groups excluding carboxylic acids is 2. The minimum Gasteiger partial charge on any atom is -0.436 e. The predicted octanol–water partition coefficient (Wildman–Crippen LogP) is 7.66. The van der Waals surface area contributed by atoms with Crippen molar-refractivity contribution < 1.29 is 23.1 Å². The molecule has 2 amide bonds. The third kappa shape index (κ3) is 6.75. The van der Waals surface area contributed by atoms with Crippen LogP contribution in [0.3, 0.4) is 0 Å². The van der Waals surface area contributed by atoms with Crippen molar-refractivity contribution in [3.8, 4) is 0 Å². The topological polar surface area (TPSA) is 70.7 Å². The molecule has 0 spiro atoms. The number of hydrogen-bond acceptors (Lipinski definition) is 4. The summed E-state index contributed by atoms with van der Waals surface area (Å²) >= 11 is 6.12. The summed E-state index contributed by atoms with van der Waals surface area (Å²) in [5, 5.41) is 5.88. The van der Waals surface area contributed by atoms with Gasteiger partial charge in [0, 0.05) is 18.2 Å². The van der Waals surface area contributed by atoms with Crippen molar-refractivity contribution in [2.75, 3.05) is 18.4 Å². The van der Waals surface area contributed by atoms with Crippen LogP contribution in [0.25, 0.3) is 0 Å². The van der Waals surface area contributed by atoms with E-state index in [1.807, 2.05) is 27.7 Å². The molecule has 0 radical (unpaired) electrons. The Morgan fingerprint density at radius 2 is 1.90 bits per heavy atom. The number of nitrogens with one attached hydrogen (secondary N) is 2. The van der Waals surface area contributed by atoms with Crippen LogP contribution in [0, 0.1) is 17.0 Å². The molecule has 41 heavy (non-hydrogen) atoms. The van der Waals surface area contributed by atoms with Crippen molar-refractivity contribution in [3.63, 3.8) is 0 Å². The van der Waals surface area contributed by atoms with Gasteiger partial charge in [-0.25, -0.2) is 13.6 Å². The Balaban J connectivity index is 1.69. The van der Waals surface area contributed by atoms with E-state index in [1.54, 1.807) is 24.0 Å². The smallest absolute Gasteiger partial charge is 0.412 e. The standard InChI is InChI=1S/C32H38ClF2N3O3/c1-7-22(20-11-13-21(34)14-12-20)24-10-8-9-19(2)28(36-24)29(39)38(17-31(3,4)5)18-32(6)26-25(37-30(40)41-32)16-15-23(33)27(26)35/h10-16,22,28,36H,2,7-9,17-18H2,1,3-6H3,(H,37,40)/t22?,28?,32-/m0/s1. The largest absolute Gasteiger partial charge is 0.436 e. The van der Waals surface area contributed by atoms with Crippen molar-refractivity contribution in [1.29, 1.82) is 0 Å². The number of allylic oxidation sites excluding steroid dienone is 2. The molecule has 0 saturated carbocycles. The molecule has 2 aromatic carbocycles. The number of fused-ring (bicyclic) bond motifs is 1. The van der Waals surface area contributed by atoms with Gasteiger partial charge in [0.25, 0.3) is 0 Å². The fourth-order valence-electron chi connectivity index (χ4n) is 5.70. The number of carbonyl (C=O) groups is 2. The Bertz CT molecular complexity index is 1370. The van der Waals surface area contributed by atoms with Crippen LogP contribution in [0.5, 0.6) is 0 Å². The third-order valence-corrected chi connectivity index (χ3v) is 7.79. The van der Waals surface area contributed by atoms with Crippen LogP contribution in [-0.4, -0.2) is 36.0 Å². The molecule has 2 unspecified atom stereocenters. The van der Waals surface area contributed by atoms with Crippen LogP contribution in [0.4, 0.5) is 19.3 Å². The van der Waals surface area contributed by atoms with E-state index >= 15 is 4.39 Å². The molecule has 2 N–H and O–H groups in total. The minimum atomic E-state index is -1.50. The molecule has 0 saturated heterocycles. The number of amides is 2. The van der Waals surface area contributed by atoms with Crippen LogP contribution < -0.4 is 10.6 Å². The Hall–Kier alpha value is -3.39. The van der Waals surface area contributed by atoms with Gasteiger partial charge in [-0.3, -0.25) is 10.1 Å². The Morgan fingerprint density at radius 1 is 1.22 bits per heavy atom. The average molecular weight is 586 g/mol. The number of hydrogen-bond donors (Lipinski definition) is 2. The number of nitrogens with zero attached hydrogens (tertiary/aromatic N) is 1. The molecule has 0 fully saturated rings. The summed E-state index contributed by atoms with van der Waals surface area (Å²) < 4.78 is 34.7. The Morgan fingerprint density at radius 3 is 2.54 bits per heavy atom. The second kappa shape index (κ2) is 11.8. The molecule has 9 heteroatoms. The molecule has 220 valence electrons. The van der Waals surface area contributed by atoms with E-state index in [4.69, 9.17) is 16.3 Å². The van der Waals surface area contributed by atoms with Crippen LogP contribution >= 0.6 is 11.6 Å².